The van der Waals surface area contributed by atoms with Crippen LogP contribution in [0.3, 0.4) is 0 Å². The number of carbonyl (C=O) groups is 2. The van der Waals surface area contributed by atoms with E-state index < -0.39 is 0 Å². The van der Waals surface area contributed by atoms with Crippen LogP contribution >= 0.6 is 0 Å². The van der Waals surface area contributed by atoms with Crippen molar-refractivity contribution >= 4 is 45.6 Å². The zero-order valence-corrected chi connectivity index (χ0v) is 28.6. The maximum atomic E-state index is 13.0. The SMILES string of the molecule is CN1Cc2c(cnn2C2CCN(Cc3cccc(C(=O)N4CCCC4)n3)C2)-c2cccc(Nc3cc(NC(=O)C4CC4)nc4cc[nH]c(=O)c34)c21. The standard InChI is InChI=1S/C38H40N10O3/c1-45-22-32-27(19-40-48(32)25-13-17-46(21-25)20-24-6-4-9-30(41-24)38(51)47-15-2-3-16-47)26-7-5-8-29(35(26)45)42-31-18-33(44-36(49)23-10-11-23)43-28-12-14-39-37(50)34(28)31/h4-9,12,14,18-19,23,25H,2-3,10-11,13,15-17,20-22H2,1H3,(H,39,50)(H2,42,43,44,49). The summed E-state index contributed by atoms with van der Waals surface area (Å²) in [7, 11) is 2.08. The minimum atomic E-state index is -0.256. The predicted octanol–water partition coefficient (Wildman–Crippen LogP) is 4.91. The van der Waals surface area contributed by atoms with Crippen molar-refractivity contribution in [3.8, 4) is 11.1 Å². The lowest BCUT2D eigenvalue weighted by atomic mass is 9.97. The van der Waals surface area contributed by atoms with Crippen LogP contribution in [0.2, 0.25) is 0 Å². The first-order valence-electron chi connectivity index (χ1n) is 17.9. The number of H-pyrrole nitrogens is 1. The molecular weight excluding hydrogens is 644 g/mol. The van der Waals surface area contributed by atoms with Gasteiger partial charge in [-0.3, -0.25) is 24.0 Å². The summed E-state index contributed by atoms with van der Waals surface area (Å²) in [6, 6.07) is 15.6. The van der Waals surface area contributed by atoms with Crippen LogP contribution in [0.15, 0.2) is 65.7 Å². The van der Waals surface area contributed by atoms with Crippen molar-refractivity contribution in [1.82, 2.24) is 34.5 Å². The minimum Gasteiger partial charge on any atom is -0.366 e. The Morgan fingerprint density at radius 1 is 0.961 bits per heavy atom. The molecule has 2 amide bonds. The summed E-state index contributed by atoms with van der Waals surface area (Å²) >= 11 is 0. The molecule has 1 aromatic carbocycles. The van der Waals surface area contributed by atoms with Gasteiger partial charge in [0.15, 0.2) is 0 Å². The largest absolute Gasteiger partial charge is 0.366 e. The highest BCUT2D eigenvalue weighted by atomic mass is 16.2. The highest BCUT2D eigenvalue weighted by Crippen LogP contribution is 2.45. The van der Waals surface area contributed by atoms with E-state index in [4.69, 9.17) is 10.1 Å². The van der Waals surface area contributed by atoms with Gasteiger partial charge < -0.3 is 25.4 Å². The van der Waals surface area contributed by atoms with Gasteiger partial charge in [0, 0.05) is 69.1 Å². The van der Waals surface area contributed by atoms with Gasteiger partial charge in [-0.05, 0) is 56.4 Å². The second-order valence-corrected chi connectivity index (χ2v) is 14.2. The predicted molar refractivity (Wildman–Crippen MR) is 195 cm³/mol. The zero-order valence-electron chi connectivity index (χ0n) is 28.6. The van der Waals surface area contributed by atoms with Gasteiger partial charge in [0.25, 0.3) is 11.5 Å². The van der Waals surface area contributed by atoms with Crippen molar-refractivity contribution in [2.45, 2.75) is 51.2 Å². The molecule has 3 fully saturated rings. The summed E-state index contributed by atoms with van der Waals surface area (Å²) in [5, 5.41) is 11.9. The van der Waals surface area contributed by atoms with E-state index in [2.05, 4.69) is 48.2 Å². The third-order valence-corrected chi connectivity index (χ3v) is 10.6. The van der Waals surface area contributed by atoms with Crippen molar-refractivity contribution < 1.29 is 9.59 Å². The molecular formula is C38H40N10O3. The van der Waals surface area contributed by atoms with Gasteiger partial charge in [-0.2, -0.15) is 5.10 Å². The van der Waals surface area contributed by atoms with Crippen molar-refractivity contribution in [2.24, 2.45) is 5.92 Å². The molecule has 1 saturated carbocycles. The number of aromatic nitrogens is 5. The van der Waals surface area contributed by atoms with E-state index in [-0.39, 0.29) is 29.3 Å². The zero-order chi connectivity index (χ0) is 34.6. The molecule has 260 valence electrons. The fourth-order valence-corrected chi connectivity index (χ4v) is 7.89. The Balaban J connectivity index is 0.961. The number of nitrogens with zero attached hydrogens (tertiary/aromatic N) is 7. The molecule has 5 aromatic rings. The molecule has 0 bridgehead atoms. The molecule has 1 unspecified atom stereocenters. The van der Waals surface area contributed by atoms with Crippen LogP contribution in [-0.2, 0) is 17.9 Å². The van der Waals surface area contributed by atoms with E-state index in [1.165, 1.54) is 5.69 Å². The van der Waals surface area contributed by atoms with Crippen molar-refractivity contribution in [2.75, 3.05) is 48.8 Å². The average molecular weight is 685 g/mol. The van der Waals surface area contributed by atoms with Gasteiger partial charge in [0.2, 0.25) is 5.91 Å². The number of nitrogens with one attached hydrogen (secondary N) is 3. The first kappa shape index (κ1) is 31.4. The molecule has 13 nitrogen and oxygen atoms in total. The number of hydrogen-bond donors (Lipinski definition) is 3. The number of aromatic amines is 1. The number of likely N-dealkylation sites (tertiary alicyclic amines) is 2. The quantitative estimate of drug-likeness (QED) is 0.208. The Morgan fingerprint density at radius 2 is 1.80 bits per heavy atom. The Kier molecular flexibility index (Phi) is 7.79. The average Bonchev–Trinajstić information content (AvgIpc) is 3.44. The lowest BCUT2D eigenvalue weighted by molar-refractivity contribution is -0.117. The number of fused-ring (bicyclic) bond motifs is 4. The maximum Gasteiger partial charge on any atom is 0.272 e. The van der Waals surface area contributed by atoms with Crippen LogP contribution in [0.4, 0.5) is 22.9 Å². The van der Waals surface area contributed by atoms with Gasteiger partial charge in [0.05, 0.1) is 58.1 Å². The van der Waals surface area contributed by atoms with Gasteiger partial charge in [0.1, 0.15) is 11.5 Å². The summed E-state index contributed by atoms with van der Waals surface area (Å²) in [6.45, 7) is 4.76. The van der Waals surface area contributed by atoms with Crippen LogP contribution in [0.25, 0.3) is 22.0 Å². The minimum absolute atomic E-state index is 0.0285. The second-order valence-electron chi connectivity index (χ2n) is 14.2. The first-order chi connectivity index (χ1) is 24.9. The molecule has 3 N–H and O–H groups in total. The second kappa shape index (κ2) is 12.6. The Bertz CT molecular complexity index is 2230. The van der Waals surface area contributed by atoms with E-state index in [9.17, 15) is 14.4 Å². The molecule has 2 saturated heterocycles. The van der Waals surface area contributed by atoms with Crippen molar-refractivity contribution in [1.29, 1.82) is 0 Å². The van der Waals surface area contributed by atoms with E-state index in [1.807, 2.05) is 41.4 Å². The topological polar surface area (TPSA) is 144 Å². The molecule has 4 aromatic heterocycles. The number of benzene rings is 1. The van der Waals surface area contributed by atoms with Gasteiger partial charge in [-0.15, -0.1) is 0 Å². The number of pyridine rings is 3. The van der Waals surface area contributed by atoms with Gasteiger partial charge >= 0.3 is 0 Å². The molecule has 13 heteroatoms. The highest BCUT2D eigenvalue weighted by molar-refractivity contribution is 6.00. The molecule has 1 aliphatic carbocycles. The van der Waals surface area contributed by atoms with E-state index in [1.54, 1.807) is 18.3 Å². The van der Waals surface area contributed by atoms with Crippen LogP contribution in [0.1, 0.15) is 60.0 Å². The monoisotopic (exact) mass is 684 g/mol. The highest BCUT2D eigenvalue weighted by Gasteiger charge is 2.33. The summed E-state index contributed by atoms with van der Waals surface area (Å²) < 4.78 is 2.19. The fourth-order valence-electron chi connectivity index (χ4n) is 7.89. The third-order valence-electron chi connectivity index (χ3n) is 10.6. The molecule has 4 aliphatic rings. The smallest absolute Gasteiger partial charge is 0.272 e. The lowest BCUT2D eigenvalue weighted by Crippen LogP contribution is -2.29. The molecule has 9 rings (SSSR count). The summed E-state index contributed by atoms with van der Waals surface area (Å²) in [6.07, 6.45) is 8.41. The van der Waals surface area contributed by atoms with Crippen LogP contribution in [0.5, 0.6) is 0 Å². The Labute approximate surface area is 294 Å². The van der Waals surface area contributed by atoms with Crippen LogP contribution in [0, 0.1) is 5.92 Å². The number of para-hydroxylation sites is 1. The van der Waals surface area contributed by atoms with Crippen molar-refractivity contribution in [3.63, 3.8) is 0 Å². The number of anilines is 4. The lowest BCUT2D eigenvalue weighted by Gasteiger charge is -2.31. The summed E-state index contributed by atoms with van der Waals surface area (Å²) in [5.74, 6) is 0.434. The molecule has 1 atom stereocenters. The fraction of sp³-hybridized carbons (Fsp3) is 0.368. The molecule has 7 heterocycles. The molecule has 0 spiro atoms. The summed E-state index contributed by atoms with van der Waals surface area (Å²) in [4.78, 5) is 57.2. The first-order valence-corrected chi connectivity index (χ1v) is 17.9. The molecule has 51 heavy (non-hydrogen) atoms. The van der Waals surface area contributed by atoms with Crippen molar-refractivity contribution in [3.05, 3.63) is 88.4 Å². The number of carbonyl (C=O) groups excluding carboxylic acids is 2. The normalized spacial score (nSPS) is 18.6. The Morgan fingerprint density at radius 3 is 2.65 bits per heavy atom. The van der Waals surface area contributed by atoms with E-state index >= 15 is 0 Å². The van der Waals surface area contributed by atoms with E-state index in [0.29, 0.717) is 41.2 Å². The maximum absolute atomic E-state index is 13.0. The Hall–Kier alpha value is -5.56. The molecule has 3 aliphatic heterocycles. The number of hydrogen-bond acceptors (Lipinski definition) is 9. The van der Waals surface area contributed by atoms with Crippen LogP contribution in [-0.4, -0.2) is 79.6 Å². The van der Waals surface area contributed by atoms with E-state index in [0.717, 1.165) is 86.5 Å². The van der Waals surface area contributed by atoms with Gasteiger partial charge in [-0.25, -0.2) is 9.97 Å². The number of rotatable bonds is 8. The van der Waals surface area contributed by atoms with Gasteiger partial charge in [-0.1, -0.05) is 18.2 Å². The summed E-state index contributed by atoms with van der Waals surface area (Å²) in [5.41, 5.74) is 7.43. The third kappa shape index (κ3) is 5.90. The molecule has 0 radical (unpaired) electrons. The van der Waals surface area contributed by atoms with Crippen LogP contribution < -0.4 is 21.1 Å². The number of amides is 2.